The molecule has 7 heteroatoms. The number of methoxy groups -OCH3 is 1. The van der Waals surface area contributed by atoms with Crippen LogP contribution < -0.4 is 19.5 Å². The summed E-state index contributed by atoms with van der Waals surface area (Å²) < 4.78 is 39.7. The molecule has 0 aromatic heterocycles. The lowest BCUT2D eigenvalue weighted by Gasteiger charge is -2.13. The van der Waals surface area contributed by atoms with Gasteiger partial charge in [0.25, 0.3) is 0 Å². The van der Waals surface area contributed by atoms with Crippen molar-refractivity contribution in [3.8, 4) is 17.2 Å². The summed E-state index contributed by atoms with van der Waals surface area (Å²) >= 11 is 0. The van der Waals surface area contributed by atoms with E-state index in [-0.39, 0.29) is 11.9 Å². The standard InChI is InChI=1S/C20H21F2NO4/c1-13(2)26-17-9-7-14(11-18(17)25-3)8-10-19(24)23-15-5-4-6-16(12-15)27-20(21)22/h4-13,20H,1-3H3,(H,23,24). The molecule has 0 aliphatic carbocycles. The maximum atomic E-state index is 12.2. The van der Waals surface area contributed by atoms with Gasteiger partial charge in [-0.05, 0) is 49.8 Å². The summed E-state index contributed by atoms with van der Waals surface area (Å²) in [5.74, 6) is 0.732. The third kappa shape index (κ3) is 6.62. The van der Waals surface area contributed by atoms with Crippen LogP contribution in [0.4, 0.5) is 14.5 Å². The molecule has 0 atom stereocenters. The highest BCUT2D eigenvalue weighted by Crippen LogP contribution is 2.29. The van der Waals surface area contributed by atoms with Gasteiger partial charge in [-0.3, -0.25) is 4.79 Å². The molecule has 1 N–H and O–H groups in total. The van der Waals surface area contributed by atoms with E-state index >= 15 is 0 Å². The Morgan fingerprint density at radius 2 is 1.85 bits per heavy atom. The van der Waals surface area contributed by atoms with E-state index in [2.05, 4.69) is 10.1 Å². The predicted molar refractivity (Wildman–Crippen MR) is 99.5 cm³/mol. The van der Waals surface area contributed by atoms with Gasteiger partial charge in [-0.15, -0.1) is 0 Å². The summed E-state index contributed by atoms with van der Waals surface area (Å²) in [5, 5.41) is 2.59. The highest BCUT2D eigenvalue weighted by Gasteiger charge is 2.08. The monoisotopic (exact) mass is 377 g/mol. The number of carbonyl (C=O) groups excluding carboxylic acids is 1. The minimum atomic E-state index is -2.92. The fourth-order valence-corrected chi connectivity index (χ4v) is 2.25. The van der Waals surface area contributed by atoms with E-state index in [1.807, 2.05) is 13.8 Å². The molecule has 0 saturated carbocycles. The molecule has 2 aromatic carbocycles. The van der Waals surface area contributed by atoms with Crippen molar-refractivity contribution in [2.24, 2.45) is 0 Å². The number of anilines is 1. The van der Waals surface area contributed by atoms with E-state index in [9.17, 15) is 13.6 Å². The molecule has 0 spiro atoms. The van der Waals surface area contributed by atoms with E-state index in [1.54, 1.807) is 30.3 Å². The van der Waals surface area contributed by atoms with Gasteiger partial charge in [0.05, 0.1) is 13.2 Å². The molecule has 0 unspecified atom stereocenters. The number of nitrogens with one attached hydrogen (secondary N) is 1. The second-order valence-corrected chi connectivity index (χ2v) is 5.81. The number of halogens is 2. The summed E-state index contributed by atoms with van der Waals surface area (Å²) in [6, 6.07) is 11.1. The SMILES string of the molecule is COc1cc(C=CC(=O)Nc2cccc(OC(F)F)c2)ccc1OC(C)C. The number of hydrogen-bond acceptors (Lipinski definition) is 4. The Morgan fingerprint density at radius 3 is 2.52 bits per heavy atom. The minimum Gasteiger partial charge on any atom is -0.493 e. The number of rotatable bonds is 8. The van der Waals surface area contributed by atoms with Crippen LogP contribution in [0.5, 0.6) is 17.2 Å². The highest BCUT2D eigenvalue weighted by molar-refractivity contribution is 6.02. The third-order valence-electron chi connectivity index (χ3n) is 3.30. The van der Waals surface area contributed by atoms with Crippen LogP contribution in [-0.2, 0) is 4.79 Å². The molecular formula is C20H21F2NO4. The fourth-order valence-electron chi connectivity index (χ4n) is 2.25. The molecule has 0 aliphatic rings. The first-order valence-electron chi connectivity index (χ1n) is 8.26. The summed E-state index contributed by atoms with van der Waals surface area (Å²) in [4.78, 5) is 12.0. The Balaban J connectivity index is 2.04. The summed E-state index contributed by atoms with van der Waals surface area (Å²) in [6.45, 7) is 0.909. The Labute approximate surface area is 156 Å². The average Bonchev–Trinajstić information content (AvgIpc) is 2.60. The molecule has 1 amide bonds. The number of amides is 1. The molecule has 0 saturated heterocycles. The minimum absolute atomic E-state index is 0.0101. The molecular weight excluding hydrogens is 356 g/mol. The Kier molecular flexibility index (Phi) is 7.16. The average molecular weight is 377 g/mol. The van der Waals surface area contributed by atoms with Gasteiger partial charge >= 0.3 is 6.61 Å². The smallest absolute Gasteiger partial charge is 0.387 e. The lowest BCUT2D eigenvalue weighted by atomic mass is 10.2. The lowest BCUT2D eigenvalue weighted by Crippen LogP contribution is -2.08. The van der Waals surface area contributed by atoms with Crippen molar-refractivity contribution in [2.45, 2.75) is 26.6 Å². The molecule has 5 nitrogen and oxygen atoms in total. The van der Waals surface area contributed by atoms with E-state index in [0.29, 0.717) is 17.2 Å². The fraction of sp³-hybridized carbons (Fsp3) is 0.250. The van der Waals surface area contributed by atoms with Crippen LogP contribution in [0.15, 0.2) is 48.5 Å². The van der Waals surface area contributed by atoms with Crippen molar-refractivity contribution >= 4 is 17.7 Å². The topological polar surface area (TPSA) is 56.8 Å². The van der Waals surface area contributed by atoms with E-state index in [4.69, 9.17) is 9.47 Å². The Bertz CT molecular complexity index is 806. The van der Waals surface area contributed by atoms with Crippen LogP contribution in [0.1, 0.15) is 19.4 Å². The van der Waals surface area contributed by atoms with Crippen LogP contribution >= 0.6 is 0 Å². The lowest BCUT2D eigenvalue weighted by molar-refractivity contribution is -0.111. The maximum absolute atomic E-state index is 12.2. The van der Waals surface area contributed by atoms with Crippen LogP contribution in [0.25, 0.3) is 6.08 Å². The Hall–Kier alpha value is -3.09. The van der Waals surface area contributed by atoms with E-state index in [0.717, 1.165) is 5.56 Å². The number of carbonyl (C=O) groups is 1. The van der Waals surface area contributed by atoms with Crippen LogP contribution in [-0.4, -0.2) is 25.7 Å². The van der Waals surface area contributed by atoms with E-state index in [1.165, 1.54) is 31.4 Å². The van der Waals surface area contributed by atoms with Gasteiger partial charge < -0.3 is 19.5 Å². The van der Waals surface area contributed by atoms with Crippen LogP contribution in [0, 0.1) is 0 Å². The molecule has 2 rings (SSSR count). The second-order valence-electron chi connectivity index (χ2n) is 5.81. The number of benzene rings is 2. The zero-order valence-corrected chi connectivity index (χ0v) is 15.2. The highest BCUT2D eigenvalue weighted by atomic mass is 19.3. The first kappa shape index (κ1) is 20.2. The molecule has 27 heavy (non-hydrogen) atoms. The molecule has 144 valence electrons. The summed E-state index contributed by atoms with van der Waals surface area (Å²) in [6.07, 6.45) is 2.95. The largest absolute Gasteiger partial charge is 0.493 e. The summed E-state index contributed by atoms with van der Waals surface area (Å²) in [7, 11) is 1.54. The number of ether oxygens (including phenoxy) is 3. The summed E-state index contributed by atoms with van der Waals surface area (Å²) in [5.41, 5.74) is 1.09. The van der Waals surface area contributed by atoms with Gasteiger partial charge in [-0.25, -0.2) is 0 Å². The molecule has 0 aliphatic heterocycles. The molecule has 0 heterocycles. The molecule has 0 fully saturated rings. The maximum Gasteiger partial charge on any atom is 0.387 e. The van der Waals surface area contributed by atoms with Crippen LogP contribution in [0.3, 0.4) is 0 Å². The van der Waals surface area contributed by atoms with Gasteiger partial charge in [-0.2, -0.15) is 8.78 Å². The number of hydrogen-bond donors (Lipinski definition) is 1. The van der Waals surface area contributed by atoms with Gasteiger partial charge in [0.15, 0.2) is 11.5 Å². The van der Waals surface area contributed by atoms with Crippen molar-refractivity contribution in [1.29, 1.82) is 0 Å². The second kappa shape index (κ2) is 9.56. The van der Waals surface area contributed by atoms with Crippen molar-refractivity contribution in [2.75, 3.05) is 12.4 Å². The van der Waals surface area contributed by atoms with Crippen LogP contribution in [0.2, 0.25) is 0 Å². The van der Waals surface area contributed by atoms with Crippen molar-refractivity contribution < 1.29 is 27.8 Å². The zero-order valence-electron chi connectivity index (χ0n) is 15.2. The third-order valence-corrected chi connectivity index (χ3v) is 3.30. The van der Waals surface area contributed by atoms with Gasteiger partial charge in [0.2, 0.25) is 5.91 Å². The molecule has 2 aromatic rings. The molecule has 0 radical (unpaired) electrons. The van der Waals surface area contributed by atoms with Gasteiger partial charge in [-0.1, -0.05) is 12.1 Å². The van der Waals surface area contributed by atoms with E-state index < -0.39 is 12.5 Å². The van der Waals surface area contributed by atoms with Gasteiger partial charge in [0.1, 0.15) is 5.75 Å². The van der Waals surface area contributed by atoms with Gasteiger partial charge in [0, 0.05) is 17.8 Å². The quantitative estimate of drug-likeness (QED) is 0.676. The van der Waals surface area contributed by atoms with Crippen molar-refractivity contribution in [1.82, 2.24) is 0 Å². The first-order valence-corrected chi connectivity index (χ1v) is 8.26. The predicted octanol–water partition coefficient (Wildman–Crippen LogP) is 4.74. The van der Waals surface area contributed by atoms with Crippen molar-refractivity contribution in [3.05, 3.63) is 54.1 Å². The zero-order chi connectivity index (χ0) is 19.8. The Morgan fingerprint density at radius 1 is 1.07 bits per heavy atom. The first-order chi connectivity index (χ1) is 12.9. The number of alkyl halides is 2. The van der Waals surface area contributed by atoms with Crippen molar-refractivity contribution in [3.63, 3.8) is 0 Å². The molecule has 0 bridgehead atoms. The normalized spacial score (nSPS) is 11.1.